The second-order valence-electron chi connectivity index (χ2n) is 4.40. The molecule has 6 nitrogen and oxygen atoms in total. The van der Waals surface area contributed by atoms with E-state index in [0.717, 1.165) is 5.56 Å². The van der Waals surface area contributed by atoms with E-state index in [1.807, 2.05) is 24.3 Å². The Kier molecular flexibility index (Phi) is 3.88. The fraction of sp³-hybridized carbons (Fsp3) is 0.133. The van der Waals surface area contributed by atoms with Gasteiger partial charge in [0, 0.05) is 6.07 Å². The van der Waals surface area contributed by atoms with Gasteiger partial charge in [0.15, 0.2) is 11.5 Å². The molecule has 112 valence electrons. The monoisotopic (exact) mass is 315 g/mol. The van der Waals surface area contributed by atoms with E-state index >= 15 is 0 Å². The maximum absolute atomic E-state index is 11.9. The van der Waals surface area contributed by atoms with Gasteiger partial charge in [0.1, 0.15) is 5.51 Å². The predicted molar refractivity (Wildman–Crippen MR) is 85.6 cm³/mol. The minimum Gasteiger partial charge on any atom is -0.493 e. The first-order chi connectivity index (χ1) is 10.7. The van der Waals surface area contributed by atoms with Crippen molar-refractivity contribution in [3.05, 3.63) is 51.4 Å². The third-order valence-electron chi connectivity index (χ3n) is 3.06. The molecule has 0 atom stereocenters. The molecule has 0 unspecified atom stereocenters. The lowest BCUT2D eigenvalue weighted by Gasteiger charge is -2.07. The molecule has 0 aliphatic rings. The van der Waals surface area contributed by atoms with Crippen molar-refractivity contribution in [3.8, 4) is 11.5 Å². The highest BCUT2D eigenvalue weighted by Crippen LogP contribution is 2.28. The van der Waals surface area contributed by atoms with Crippen LogP contribution >= 0.6 is 11.3 Å². The first-order valence-electron chi connectivity index (χ1n) is 6.45. The zero-order valence-electron chi connectivity index (χ0n) is 12.0. The van der Waals surface area contributed by atoms with Crippen LogP contribution in [0.1, 0.15) is 11.3 Å². The standard InChI is InChI=1S/C15H13N3O3S/c1-20-12-6-4-10(7-13(12)21-2)3-5-11-8-14(19)18-15(17-11)22-9-16-18/h3-9H,1-2H3. The normalized spacial score (nSPS) is 11.2. The maximum atomic E-state index is 11.9. The Labute approximate surface area is 130 Å². The summed E-state index contributed by atoms with van der Waals surface area (Å²) < 4.78 is 11.7. The summed E-state index contributed by atoms with van der Waals surface area (Å²) in [6.07, 6.45) is 3.64. The number of ether oxygens (including phenoxy) is 2. The van der Waals surface area contributed by atoms with E-state index in [1.54, 1.807) is 25.8 Å². The first-order valence-corrected chi connectivity index (χ1v) is 7.33. The lowest BCUT2D eigenvalue weighted by molar-refractivity contribution is 0.355. The van der Waals surface area contributed by atoms with Crippen molar-refractivity contribution in [1.29, 1.82) is 0 Å². The molecule has 2 heterocycles. The van der Waals surface area contributed by atoms with Crippen molar-refractivity contribution >= 4 is 28.4 Å². The highest BCUT2D eigenvalue weighted by molar-refractivity contribution is 7.14. The maximum Gasteiger partial charge on any atom is 0.275 e. The van der Waals surface area contributed by atoms with Crippen LogP contribution in [0.4, 0.5) is 0 Å². The summed E-state index contributed by atoms with van der Waals surface area (Å²) >= 11 is 1.32. The van der Waals surface area contributed by atoms with Gasteiger partial charge < -0.3 is 9.47 Å². The Morgan fingerprint density at radius 3 is 2.73 bits per heavy atom. The summed E-state index contributed by atoms with van der Waals surface area (Å²) in [5.41, 5.74) is 2.90. The molecular formula is C15H13N3O3S. The summed E-state index contributed by atoms with van der Waals surface area (Å²) in [7, 11) is 3.18. The number of fused-ring (bicyclic) bond motifs is 1. The van der Waals surface area contributed by atoms with Crippen molar-refractivity contribution in [2.24, 2.45) is 0 Å². The van der Waals surface area contributed by atoms with Gasteiger partial charge in [-0.2, -0.15) is 9.61 Å². The minimum atomic E-state index is -0.196. The summed E-state index contributed by atoms with van der Waals surface area (Å²) in [5.74, 6) is 1.32. The average molecular weight is 315 g/mol. The molecule has 1 aromatic carbocycles. The number of rotatable bonds is 4. The van der Waals surface area contributed by atoms with Gasteiger partial charge in [-0.1, -0.05) is 23.5 Å². The zero-order valence-corrected chi connectivity index (χ0v) is 12.8. The molecule has 2 aromatic heterocycles. The molecule has 0 saturated carbocycles. The van der Waals surface area contributed by atoms with E-state index in [-0.39, 0.29) is 5.56 Å². The number of aromatic nitrogens is 3. The van der Waals surface area contributed by atoms with Gasteiger partial charge in [0.05, 0.1) is 19.9 Å². The van der Waals surface area contributed by atoms with Crippen molar-refractivity contribution < 1.29 is 9.47 Å². The van der Waals surface area contributed by atoms with Crippen LogP contribution in [-0.2, 0) is 0 Å². The highest BCUT2D eigenvalue weighted by Gasteiger charge is 2.04. The van der Waals surface area contributed by atoms with Crippen LogP contribution < -0.4 is 15.0 Å². The number of methoxy groups -OCH3 is 2. The average Bonchev–Trinajstić information content (AvgIpc) is 3.01. The van der Waals surface area contributed by atoms with Crippen molar-refractivity contribution in [3.63, 3.8) is 0 Å². The van der Waals surface area contributed by atoms with E-state index in [4.69, 9.17) is 9.47 Å². The van der Waals surface area contributed by atoms with Gasteiger partial charge in [-0.15, -0.1) is 0 Å². The number of hydrogen-bond donors (Lipinski definition) is 0. The molecule has 0 saturated heterocycles. The number of benzene rings is 1. The van der Waals surface area contributed by atoms with Crippen LogP contribution in [0.2, 0.25) is 0 Å². The summed E-state index contributed by atoms with van der Waals surface area (Å²) in [6, 6.07) is 7.03. The molecule has 7 heteroatoms. The Morgan fingerprint density at radius 2 is 1.95 bits per heavy atom. The molecule has 0 fully saturated rings. The quantitative estimate of drug-likeness (QED) is 0.739. The first kappa shape index (κ1) is 14.3. The molecule has 0 bridgehead atoms. The lowest BCUT2D eigenvalue weighted by atomic mass is 10.1. The molecule has 0 radical (unpaired) electrons. The van der Waals surface area contributed by atoms with E-state index in [0.29, 0.717) is 22.2 Å². The minimum absolute atomic E-state index is 0.196. The van der Waals surface area contributed by atoms with Gasteiger partial charge in [0.25, 0.3) is 5.56 Å². The van der Waals surface area contributed by atoms with Crippen LogP contribution in [0.3, 0.4) is 0 Å². The fourth-order valence-corrected chi connectivity index (χ4v) is 2.63. The summed E-state index contributed by atoms with van der Waals surface area (Å²) in [6.45, 7) is 0. The topological polar surface area (TPSA) is 65.7 Å². The molecular weight excluding hydrogens is 302 g/mol. The van der Waals surface area contributed by atoms with Crippen molar-refractivity contribution in [2.45, 2.75) is 0 Å². The van der Waals surface area contributed by atoms with Crippen LogP contribution in [0.25, 0.3) is 17.1 Å². The van der Waals surface area contributed by atoms with Gasteiger partial charge in [0.2, 0.25) is 4.96 Å². The highest BCUT2D eigenvalue weighted by atomic mass is 32.1. The second-order valence-corrected chi connectivity index (χ2v) is 5.21. The Balaban J connectivity index is 1.93. The summed E-state index contributed by atoms with van der Waals surface area (Å²) in [5, 5.41) is 3.93. The zero-order chi connectivity index (χ0) is 15.5. The van der Waals surface area contributed by atoms with E-state index in [2.05, 4.69) is 10.1 Å². The Morgan fingerprint density at radius 1 is 1.14 bits per heavy atom. The number of nitrogens with zero attached hydrogens (tertiary/aromatic N) is 3. The van der Waals surface area contributed by atoms with Crippen LogP contribution in [0.15, 0.2) is 34.6 Å². The van der Waals surface area contributed by atoms with Crippen LogP contribution in [0, 0.1) is 0 Å². The predicted octanol–water partition coefficient (Wildman–Crippen LogP) is 2.34. The van der Waals surface area contributed by atoms with Gasteiger partial charge >= 0.3 is 0 Å². The van der Waals surface area contributed by atoms with Crippen molar-refractivity contribution in [2.75, 3.05) is 14.2 Å². The van der Waals surface area contributed by atoms with Gasteiger partial charge in [-0.3, -0.25) is 4.79 Å². The fourth-order valence-electron chi connectivity index (χ4n) is 2.00. The third-order valence-corrected chi connectivity index (χ3v) is 3.74. The second kappa shape index (κ2) is 5.98. The number of hydrogen-bond acceptors (Lipinski definition) is 6. The molecule has 0 aliphatic carbocycles. The Bertz CT molecular complexity index is 898. The van der Waals surface area contributed by atoms with Crippen LogP contribution in [0.5, 0.6) is 11.5 Å². The SMILES string of the molecule is COc1ccc(C=Cc2cc(=O)n3ncsc3n2)cc1OC. The van der Waals surface area contributed by atoms with Crippen LogP contribution in [-0.4, -0.2) is 28.8 Å². The molecule has 3 rings (SSSR count). The van der Waals surface area contributed by atoms with Crippen molar-refractivity contribution in [1.82, 2.24) is 14.6 Å². The molecule has 0 N–H and O–H groups in total. The smallest absolute Gasteiger partial charge is 0.275 e. The lowest BCUT2D eigenvalue weighted by Crippen LogP contribution is -2.13. The Hall–Kier alpha value is -2.67. The van der Waals surface area contributed by atoms with Gasteiger partial charge in [-0.25, -0.2) is 4.98 Å². The van der Waals surface area contributed by atoms with E-state index in [9.17, 15) is 4.79 Å². The molecule has 0 amide bonds. The third kappa shape index (κ3) is 2.71. The van der Waals surface area contributed by atoms with E-state index < -0.39 is 0 Å². The molecule has 0 spiro atoms. The largest absolute Gasteiger partial charge is 0.493 e. The molecule has 22 heavy (non-hydrogen) atoms. The molecule has 3 aromatic rings. The van der Waals surface area contributed by atoms with Gasteiger partial charge in [-0.05, 0) is 23.8 Å². The summed E-state index contributed by atoms with van der Waals surface area (Å²) in [4.78, 5) is 16.8. The van der Waals surface area contributed by atoms with E-state index in [1.165, 1.54) is 21.9 Å². The molecule has 0 aliphatic heterocycles.